The Morgan fingerprint density at radius 3 is 2.53 bits per heavy atom. The van der Waals surface area contributed by atoms with Crippen LogP contribution in [0.5, 0.6) is 0 Å². The van der Waals surface area contributed by atoms with Crippen LogP contribution in [0.25, 0.3) is 0 Å². The van der Waals surface area contributed by atoms with Crippen LogP contribution in [0.2, 0.25) is 0 Å². The third kappa shape index (κ3) is 3.13. The predicted octanol–water partition coefficient (Wildman–Crippen LogP) is 2.41. The molecule has 2 N–H and O–H groups in total. The summed E-state index contributed by atoms with van der Waals surface area (Å²) in [7, 11) is 1.83. The normalized spacial score (nSPS) is 10.3. The van der Waals surface area contributed by atoms with Crippen LogP contribution in [-0.2, 0) is 7.05 Å². The standard InChI is InChI=1S/C14H18N4O/c1-4-15-12-7-5-11(6-8-12)14(19)16-13-9-18(3)17-10(13)2/h5-9,15H,4H2,1-3H3,(H,16,19). The second kappa shape index (κ2) is 5.56. The van der Waals surface area contributed by atoms with Crippen LogP contribution in [0.1, 0.15) is 23.0 Å². The molecule has 19 heavy (non-hydrogen) atoms. The minimum atomic E-state index is -0.126. The van der Waals surface area contributed by atoms with Crippen molar-refractivity contribution in [3.05, 3.63) is 41.7 Å². The Bertz CT molecular complexity index is 572. The van der Waals surface area contributed by atoms with Crippen molar-refractivity contribution < 1.29 is 4.79 Å². The summed E-state index contributed by atoms with van der Waals surface area (Å²) in [4.78, 5) is 12.1. The van der Waals surface area contributed by atoms with Gasteiger partial charge in [-0.3, -0.25) is 9.48 Å². The molecule has 0 aliphatic rings. The van der Waals surface area contributed by atoms with E-state index in [1.54, 1.807) is 23.0 Å². The average Bonchev–Trinajstić information content (AvgIpc) is 2.69. The van der Waals surface area contributed by atoms with Gasteiger partial charge < -0.3 is 10.6 Å². The van der Waals surface area contributed by atoms with Gasteiger partial charge in [-0.25, -0.2) is 0 Å². The fraction of sp³-hybridized carbons (Fsp3) is 0.286. The predicted molar refractivity (Wildman–Crippen MR) is 76.5 cm³/mol. The largest absolute Gasteiger partial charge is 0.385 e. The third-order valence-electron chi connectivity index (χ3n) is 2.79. The van der Waals surface area contributed by atoms with Crippen LogP contribution in [0.4, 0.5) is 11.4 Å². The Kier molecular flexibility index (Phi) is 3.85. The maximum absolute atomic E-state index is 12.1. The summed E-state index contributed by atoms with van der Waals surface area (Å²) in [6.07, 6.45) is 1.79. The zero-order chi connectivity index (χ0) is 13.8. The second-order valence-electron chi connectivity index (χ2n) is 4.36. The maximum Gasteiger partial charge on any atom is 0.255 e. The lowest BCUT2D eigenvalue weighted by molar-refractivity contribution is 0.102. The lowest BCUT2D eigenvalue weighted by Crippen LogP contribution is -2.12. The van der Waals surface area contributed by atoms with Gasteiger partial charge in [0, 0.05) is 31.0 Å². The van der Waals surface area contributed by atoms with E-state index in [2.05, 4.69) is 15.7 Å². The van der Waals surface area contributed by atoms with E-state index in [4.69, 9.17) is 0 Å². The molecular formula is C14H18N4O. The zero-order valence-electron chi connectivity index (χ0n) is 11.4. The number of hydrogen-bond donors (Lipinski definition) is 2. The number of amides is 1. The number of benzene rings is 1. The molecule has 1 heterocycles. The SMILES string of the molecule is CCNc1ccc(C(=O)Nc2cn(C)nc2C)cc1. The molecule has 0 fully saturated rings. The summed E-state index contributed by atoms with van der Waals surface area (Å²) in [5.74, 6) is -0.126. The highest BCUT2D eigenvalue weighted by atomic mass is 16.1. The molecule has 1 amide bonds. The first-order chi connectivity index (χ1) is 9.10. The first-order valence-corrected chi connectivity index (χ1v) is 6.25. The Morgan fingerprint density at radius 1 is 1.32 bits per heavy atom. The summed E-state index contributed by atoms with van der Waals surface area (Å²) < 4.78 is 1.68. The minimum Gasteiger partial charge on any atom is -0.385 e. The number of nitrogens with one attached hydrogen (secondary N) is 2. The maximum atomic E-state index is 12.1. The van der Waals surface area contributed by atoms with Gasteiger partial charge in [-0.1, -0.05) is 0 Å². The van der Waals surface area contributed by atoms with Crippen molar-refractivity contribution in [2.24, 2.45) is 7.05 Å². The van der Waals surface area contributed by atoms with Gasteiger partial charge in [0.1, 0.15) is 0 Å². The fourth-order valence-corrected chi connectivity index (χ4v) is 1.86. The number of aromatic nitrogens is 2. The molecule has 1 aromatic heterocycles. The summed E-state index contributed by atoms with van der Waals surface area (Å²) in [6, 6.07) is 7.40. The van der Waals surface area contributed by atoms with Crippen molar-refractivity contribution in [1.29, 1.82) is 0 Å². The molecule has 0 atom stereocenters. The van der Waals surface area contributed by atoms with E-state index in [-0.39, 0.29) is 5.91 Å². The van der Waals surface area contributed by atoms with Gasteiger partial charge in [-0.05, 0) is 38.1 Å². The molecule has 2 rings (SSSR count). The van der Waals surface area contributed by atoms with Crippen LogP contribution in [0.3, 0.4) is 0 Å². The molecule has 0 aliphatic carbocycles. The van der Waals surface area contributed by atoms with E-state index < -0.39 is 0 Å². The molecule has 0 unspecified atom stereocenters. The van der Waals surface area contributed by atoms with E-state index in [1.165, 1.54) is 0 Å². The van der Waals surface area contributed by atoms with Gasteiger partial charge in [0.2, 0.25) is 0 Å². The van der Waals surface area contributed by atoms with Crippen molar-refractivity contribution in [2.75, 3.05) is 17.2 Å². The monoisotopic (exact) mass is 258 g/mol. The Morgan fingerprint density at radius 2 is 2.00 bits per heavy atom. The summed E-state index contributed by atoms with van der Waals surface area (Å²) in [5, 5.41) is 10.2. The number of nitrogens with zero attached hydrogens (tertiary/aromatic N) is 2. The van der Waals surface area contributed by atoms with Crippen LogP contribution in [0, 0.1) is 6.92 Å². The number of anilines is 2. The topological polar surface area (TPSA) is 59.0 Å². The summed E-state index contributed by atoms with van der Waals surface area (Å²) in [5.41, 5.74) is 3.19. The highest BCUT2D eigenvalue weighted by Gasteiger charge is 2.09. The molecule has 0 radical (unpaired) electrons. The fourth-order valence-electron chi connectivity index (χ4n) is 1.86. The molecule has 0 saturated heterocycles. The summed E-state index contributed by atoms with van der Waals surface area (Å²) in [6.45, 7) is 4.76. The first kappa shape index (κ1) is 13.1. The van der Waals surface area contributed by atoms with Crippen LogP contribution in [0.15, 0.2) is 30.5 Å². The van der Waals surface area contributed by atoms with Gasteiger partial charge in [0.25, 0.3) is 5.91 Å². The molecule has 5 nitrogen and oxygen atoms in total. The molecule has 0 aliphatic heterocycles. The number of aryl methyl sites for hydroxylation is 2. The van der Waals surface area contributed by atoms with Gasteiger partial charge in [0.05, 0.1) is 11.4 Å². The lowest BCUT2D eigenvalue weighted by atomic mass is 10.2. The van der Waals surface area contributed by atoms with Crippen LogP contribution >= 0.6 is 0 Å². The highest BCUT2D eigenvalue weighted by Crippen LogP contribution is 2.14. The van der Waals surface area contributed by atoms with Crippen molar-refractivity contribution in [2.45, 2.75) is 13.8 Å². The molecule has 5 heteroatoms. The van der Waals surface area contributed by atoms with E-state index in [0.717, 1.165) is 23.6 Å². The lowest BCUT2D eigenvalue weighted by Gasteiger charge is -2.06. The molecular weight excluding hydrogens is 240 g/mol. The van der Waals surface area contributed by atoms with Gasteiger partial charge in [-0.15, -0.1) is 0 Å². The molecule has 0 spiro atoms. The van der Waals surface area contributed by atoms with Crippen LogP contribution in [-0.4, -0.2) is 22.2 Å². The number of rotatable bonds is 4. The Balaban J connectivity index is 2.09. The number of carbonyl (C=O) groups is 1. The molecule has 0 saturated carbocycles. The van der Waals surface area contributed by atoms with Crippen molar-refractivity contribution >= 4 is 17.3 Å². The van der Waals surface area contributed by atoms with E-state index in [0.29, 0.717) is 5.56 Å². The Hall–Kier alpha value is -2.30. The molecule has 100 valence electrons. The molecule has 1 aromatic carbocycles. The summed E-state index contributed by atoms with van der Waals surface area (Å²) >= 11 is 0. The van der Waals surface area contributed by atoms with Crippen molar-refractivity contribution in [3.63, 3.8) is 0 Å². The zero-order valence-corrected chi connectivity index (χ0v) is 11.4. The smallest absolute Gasteiger partial charge is 0.255 e. The van der Waals surface area contributed by atoms with E-state index >= 15 is 0 Å². The number of hydrogen-bond acceptors (Lipinski definition) is 3. The first-order valence-electron chi connectivity index (χ1n) is 6.25. The third-order valence-corrected chi connectivity index (χ3v) is 2.79. The highest BCUT2D eigenvalue weighted by molar-refractivity contribution is 6.04. The molecule has 2 aromatic rings. The van der Waals surface area contributed by atoms with Crippen molar-refractivity contribution in [1.82, 2.24) is 9.78 Å². The van der Waals surface area contributed by atoms with Crippen molar-refractivity contribution in [3.8, 4) is 0 Å². The van der Waals surface area contributed by atoms with Gasteiger partial charge in [-0.2, -0.15) is 5.10 Å². The second-order valence-corrected chi connectivity index (χ2v) is 4.36. The average molecular weight is 258 g/mol. The van der Waals surface area contributed by atoms with E-state index in [9.17, 15) is 4.79 Å². The van der Waals surface area contributed by atoms with Gasteiger partial charge in [0.15, 0.2) is 0 Å². The number of carbonyl (C=O) groups excluding carboxylic acids is 1. The van der Waals surface area contributed by atoms with E-state index in [1.807, 2.05) is 33.0 Å². The van der Waals surface area contributed by atoms with Crippen LogP contribution < -0.4 is 10.6 Å². The quantitative estimate of drug-likeness (QED) is 0.885. The molecule has 0 bridgehead atoms. The Labute approximate surface area is 112 Å². The minimum absolute atomic E-state index is 0.126. The van der Waals surface area contributed by atoms with Gasteiger partial charge >= 0.3 is 0 Å².